The monoisotopic (exact) mass is 279 g/mol. The molecule has 0 bridgehead atoms. The molecule has 6 nitrogen and oxygen atoms in total. The molecule has 1 rings (SSSR count). The molecule has 0 saturated heterocycles. The summed E-state index contributed by atoms with van der Waals surface area (Å²) in [4.78, 5) is 23.6. The number of ether oxygens (including phenoxy) is 1. The van der Waals surface area contributed by atoms with E-state index in [1.54, 1.807) is 24.3 Å². The van der Waals surface area contributed by atoms with Crippen LogP contribution in [-0.2, 0) is 9.53 Å². The minimum absolute atomic E-state index is 0.0242. The smallest absolute Gasteiger partial charge is 0.253 e. The van der Waals surface area contributed by atoms with Crippen molar-refractivity contribution in [2.24, 2.45) is 5.73 Å². The molecule has 4 N–H and O–H groups in total. The van der Waals surface area contributed by atoms with E-state index < -0.39 is 0 Å². The maximum Gasteiger partial charge on any atom is 0.253 e. The van der Waals surface area contributed by atoms with E-state index in [2.05, 4.69) is 10.6 Å². The summed E-state index contributed by atoms with van der Waals surface area (Å²) in [6.45, 7) is 4.40. The van der Waals surface area contributed by atoms with E-state index in [1.165, 1.54) is 0 Å². The van der Waals surface area contributed by atoms with Gasteiger partial charge in [-0.15, -0.1) is 0 Å². The van der Waals surface area contributed by atoms with Crippen molar-refractivity contribution in [3.8, 4) is 0 Å². The van der Waals surface area contributed by atoms with Crippen LogP contribution in [0, 0.1) is 0 Å². The highest BCUT2D eigenvalue weighted by atomic mass is 16.5. The molecule has 0 heterocycles. The SMILES string of the molecule is CC(C)OCC(=O)Nc1ccccc1C(=O)NCCN. The van der Waals surface area contributed by atoms with Gasteiger partial charge in [0.1, 0.15) is 6.61 Å². The fraction of sp³-hybridized carbons (Fsp3) is 0.429. The molecular formula is C14H21N3O3. The van der Waals surface area contributed by atoms with Gasteiger partial charge in [-0.05, 0) is 26.0 Å². The van der Waals surface area contributed by atoms with Gasteiger partial charge in [0.05, 0.1) is 17.4 Å². The van der Waals surface area contributed by atoms with Gasteiger partial charge in [-0.25, -0.2) is 0 Å². The first kappa shape index (κ1) is 16.1. The summed E-state index contributed by atoms with van der Waals surface area (Å²) < 4.78 is 5.21. The maximum absolute atomic E-state index is 11.9. The van der Waals surface area contributed by atoms with E-state index in [9.17, 15) is 9.59 Å². The average molecular weight is 279 g/mol. The predicted molar refractivity (Wildman–Crippen MR) is 77.5 cm³/mol. The minimum Gasteiger partial charge on any atom is -0.369 e. The lowest BCUT2D eigenvalue weighted by Gasteiger charge is -2.12. The van der Waals surface area contributed by atoms with Crippen LogP contribution in [0.25, 0.3) is 0 Å². The second-order valence-corrected chi connectivity index (χ2v) is 4.50. The van der Waals surface area contributed by atoms with E-state index in [-0.39, 0.29) is 24.5 Å². The first-order chi connectivity index (χ1) is 9.54. The molecule has 0 spiro atoms. The molecule has 2 amide bonds. The lowest BCUT2D eigenvalue weighted by molar-refractivity contribution is -0.121. The predicted octanol–water partition coefficient (Wildman–Crippen LogP) is 0.739. The molecule has 0 aliphatic carbocycles. The molecule has 0 aromatic heterocycles. The van der Waals surface area contributed by atoms with Gasteiger partial charge in [0, 0.05) is 13.1 Å². The summed E-state index contributed by atoms with van der Waals surface area (Å²) in [6, 6.07) is 6.80. The van der Waals surface area contributed by atoms with Gasteiger partial charge < -0.3 is 21.1 Å². The van der Waals surface area contributed by atoms with Crippen molar-refractivity contribution in [2.45, 2.75) is 20.0 Å². The molecule has 0 radical (unpaired) electrons. The van der Waals surface area contributed by atoms with Crippen molar-refractivity contribution in [3.05, 3.63) is 29.8 Å². The van der Waals surface area contributed by atoms with Crippen LogP contribution in [-0.4, -0.2) is 37.6 Å². The Bertz CT molecular complexity index is 461. The second kappa shape index (κ2) is 8.29. The molecule has 0 unspecified atom stereocenters. The molecule has 6 heteroatoms. The minimum atomic E-state index is -0.294. The number of amides is 2. The van der Waals surface area contributed by atoms with Crippen molar-refractivity contribution in [1.82, 2.24) is 5.32 Å². The van der Waals surface area contributed by atoms with Gasteiger partial charge >= 0.3 is 0 Å². The van der Waals surface area contributed by atoms with Crippen LogP contribution in [0.4, 0.5) is 5.69 Å². The first-order valence-electron chi connectivity index (χ1n) is 6.53. The normalized spacial score (nSPS) is 10.4. The van der Waals surface area contributed by atoms with Crippen LogP contribution >= 0.6 is 0 Å². The standard InChI is InChI=1S/C14H21N3O3/c1-10(2)20-9-13(18)17-12-6-4-3-5-11(12)14(19)16-8-7-15/h3-6,10H,7-9,15H2,1-2H3,(H,16,19)(H,17,18). The number of nitrogens with one attached hydrogen (secondary N) is 2. The van der Waals surface area contributed by atoms with Gasteiger partial charge in [0.15, 0.2) is 0 Å². The molecule has 1 aromatic carbocycles. The third kappa shape index (κ3) is 5.38. The van der Waals surface area contributed by atoms with Crippen LogP contribution in [0.15, 0.2) is 24.3 Å². The van der Waals surface area contributed by atoms with E-state index >= 15 is 0 Å². The number of hydrogen-bond donors (Lipinski definition) is 3. The molecule has 0 aliphatic heterocycles. The van der Waals surface area contributed by atoms with Crippen molar-refractivity contribution < 1.29 is 14.3 Å². The Morgan fingerprint density at radius 1 is 1.30 bits per heavy atom. The number of para-hydroxylation sites is 1. The Hall–Kier alpha value is -1.92. The Labute approximate surface area is 118 Å². The van der Waals surface area contributed by atoms with Gasteiger partial charge in [-0.1, -0.05) is 12.1 Å². The molecule has 0 fully saturated rings. The average Bonchev–Trinajstić information content (AvgIpc) is 2.43. The van der Waals surface area contributed by atoms with Crippen LogP contribution in [0.5, 0.6) is 0 Å². The summed E-state index contributed by atoms with van der Waals surface area (Å²) in [6.07, 6.45) is -0.0242. The Morgan fingerprint density at radius 2 is 2.00 bits per heavy atom. The third-order valence-corrected chi connectivity index (χ3v) is 2.42. The zero-order valence-corrected chi connectivity index (χ0v) is 11.8. The van der Waals surface area contributed by atoms with Gasteiger partial charge in [-0.2, -0.15) is 0 Å². The lowest BCUT2D eigenvalue weighted by atomic mass is 10.1. The fourth-order valence-corrected chi connectivity index (χ4v) is 1.50. The van der Waals surface area contributed by atoms with Crippen molar-refractivity contribution in [2.75, 3.05) is 25.0 Å². The Balaban J connectivity index is 2.70. The Morgan fingerprint density at radius 3 is 2.65 bits per heavy atom. The molecule has 0 saturated carbocycles. The third-order valence-electron chi connectivity index (χ3n) is 2.42. The van der Waals surface area contributed by atoms with E-state index in [0.29, 0.717) is 24.3 Å². The molecular weight excluding hydrogens is 258 g/mol. The van der Waals surface area contributed by atoms with Crippen molar-refractivity contribution in [3.63, 3.8) is 0 Å². The highest BCUT2D eigenvalue weighted by Crippen LogP contribution is 2.14. The maximum atomic E-state index is 11.9. The lowest BCUT2D eigenvalue weighted by Crippen LogP contribution is -2.30. The summed E-state index contributed by atoms with van der Waals surface area (Å²) >= 11 is 0. The highest BCUT2D eigenvalue weighted by Gasteiger charge is 2.12. The van der Waals surface area contributed by atoms with E-state index in [4.69, 9.17) is 10.5 Å². The van der Waals surface area contributed by atoms with Gasteiger partial charge in [0.25, 0.3) is 5.91 Å². The summed E-state index contributed by atoms with van der Waals surface area (Å²) in [5.41, 5.74) is 6.20. The quantitative estimate of drug-likeness (QED) is 0.686. The van der Waals surface area contributed by atoms with Gasteiger partial charge in [-0.3, -0.25) is 9.59 Å². The topological polar surface area (TPSA) is 93.4 Å². The first-order valence-corrected chi connectivity index (χ1v) is 6.53. The van der Waals surface area contributed by atoms with E-state index in [0.717, 1.165) is 0 Å². The van der Waals surface area contributed by atoms with Gasteiger partial charge in [0.2, 0.25) is 5.91 Å². The number of carbonyl (C=O) groups excluding carboxylic acids is 2. The number of nitrogens with two attached hydrogens (primary N) is 1. The number of rotatable bonds is 7. The number of carbonyl (C=O) groups is 2. The molecule has 110 valence electrons. The van der Waals surface area contributed by atoms with Crippen LogP contribution in [0.2, 0.25) is 0 Å². The molecule has 20 heavy (non-hydrogen) atoms. The fourth-order valence-electron chi connectivity index (χ4n) is 1.50. The van der Waals surface area contributed by atoms with Crippen LogP contribution in [0.3, 0.4) is 0 Å². The highest BCUT2D eigenvalue weighted by molar-refractivity contribution is 6.03. The van der Waals surface area contributed by atoms with Crippen molar-refractivity contribution in [1.29, 1.82) is 0 Å². The largest absolute Gasteiger partial charge is 0.369 e. The summed E-state index contributed by atoms with van der Waals surface area (Å²) in [5.74, 6) is -0.561. The van der Waals surface area contributed by atoms with Crippen LogP contribution in [0.1, 0.15) is 24.2 Å². The summed E-state index contributed by atoms with van der Waals surface area (Å²) in [7, 11) is 0. The molecule has 0 aliphatic rings. The zero-order valence-electron chi connectivity index (χ0n) is 11.8. The number of anilines is 1. The molecule has 0 atom stereocenters. The second-order valence-electron chi connectivity index (χ2n) is 4.50. The summed E-state index contributed by atoms with van der Waals surface area (Å²) in [5, 5.41) is 5.33. The van der Waals surface area contributed by atoms with E-state index in [1.807, 2.05) is 13.8 Å². The number of hydrogen-bond acceptors (Lipinski definition) is 4. The van der Waals surface area contributed by atoms with Crippen LogP contribution < -0.4 is 16.4 Å². The van der Waals surface area contributed by atoms with Crippen molar-refractivity contribution >= 4 is 17.5 Å². The molecule has 1 aromatic rings. The number of benzene rings is 1. The Kier molecular flexibility index (Phi) is 6.69. The zero-order chi connectivity index (χ0) is 15.0.